The second-order valence-corrected chi connectivity index (χ2v) is 6.25. The number of halogens is 1. The summed E-state index contributed by atoms with van der Waals surface area (Å²) in [6.45, 7) is 3.80. The van der Waals surface area contributed by atoms with Crippen LogP contribution in [-0.2, 0) is 6.54 Å². The standard InChI is InChI=1S/C11H20BrN3OS/c1-4-17-8-10(16)11-9(12)7-13-15(11)6-5-14(2)3/h7,10,16H,4-6,8H2,1-3H3. The van der Waals surface area contributed by atoms with Gasteiger partial charge >= 0.3 is 0 Å². The van der Waals surface area contributed by atoms with Gasteiger partial charge in [-0.05, 0) is 35.8 Å². The lowest BCUT2D eigenvalue weighted by Gasteiger charge is -2.15. The molecular formula is C11H20BrN3OS. The number of aromatic nitrogens is 2. The van der Waals surface area contributed by atoms with Gasteiger partial charge in [0.15, 0.2) is 0 Å². The molecule has 0 saturated carbocycles. The number of aliphatic hydroxyl groups excluding tert-OH is 1. The zero-order valence-electron chi connectivity index (χ0n) is 10.6. The van der Waals surface area contributed by atoms with Crippen LogP contribution in [0.5, 0.6) is 0 Å². The molecule has 0 spiro atoms. The number of nitrogens with zero attached hydrogens (tertiary/aromatic N) is 3. The van der Waals surface area contributed by atoms with E-state index in [0.717, 1.165) is 29.0 Å². The highest BCUT2D eigenvalue weighted by atomic mass is 79.9. The van der Waals surface area contributed by atoms with E-state index < -0.39 is 6.10 Å². The van der Waals surface area contributed by atoms with Crippen LogP contribution in [-0.4, -0.2) is 51.9 Å². The molecule has 0 amide bonds. The fourth-order valence-corrected chi connectivity index (χ4v) is 2.66. The molecular weight excluding hydrogens is 302 g/mol. The molecule has 98 valence electrons. The number of rotatable bonds is 7. The zero-order valence-corrected chi connectivity index (χ0v) is 13.0. The van der Waals surface area contributed by atoms with Crippen molar-refractivity contribution in [2.24, 2.45) is 0 Å². The minimum atomic E-state index is -0.459. The maximum Gasteiger partial charge on any atom is 0.106 e. The monoisotopic (exact) mass is 321 g/mol. The van der Waals surface area contributed by atoms with E-state index in [1.165, 1.54) is 0 Å². The first kappa shape index (κ1) is 15.0. The highest BCUT2D eigenvalue weighted by Gasteiger charge is 2.17. The van der Waals surface area contributed by atoms with Gasteiger partial charge in [0.05, 0.1) is 22.9 Å². The molecule has 0 radical (unpaired) electrons. The van der Waals surface area contributed by atoms with Crippen LogP contribution in [0.2, 0.25) is 0 Å². The minimum absolute atomic E-state index is 0.459. The summed E-state index contributed by atoms with van der Waals surface area (Å²) >= 11 is 5.18. The second kappa shape index (κ2) is 7.41. The quantitative estimate of drug-likeness (QED) is 0.834. The van der Waals surface area contributed by atoms with Crippen LogP contribution >= 0.6 is 27.7 Å². The van der Waals surface area contributed by atoms with Crippen molar-refractivity contribution in [1.82, 2.24) is 14.7 Å². The Bertz CT molecular complexity index is 343. The average Bonchev–Trinajstić information content (AvgIpc) is 2.64. The number of aliphatic hydroxyl groups is 1. The Labute approximate surface area is 116 Å². The first-order valence-electron chi connectivity index (χ1n) is 5.68. The summed E-state index contributed by atoms with van der Waals surface area (Å²) in [6.07, 6.45) is 1.30. The van der Waals surface area contributed by atoms with Crippen molar-refractivity contribution in [3.05, 3.63) is 16.4 Å². The fourth-order valence-electron chi connectivity index (χ4n) is 1.48. The van der Waals surface area contributed by atoms with E-state index >= 15 is 0 Å². The molecule has 1 atom stereocenters. The summed E-state index contributed by atoms with van der Waals surface area (Å²) < 4.78 is 2.77. The lowest BCUT2D eigenvalue weighted by molar-refractivity contribution is 0.189. The Kier molecular flexibility index (Phi) is 6.54. The molecule has 0 fully saturated rings. The van der Waals surface area contributed by atoms with Crippen LogP contribution < -0.4 is 0 Å². The van der Waals surface area contributed by atoms with Gasteiger partial charge in [0.2, 0.25) is 0 Å². The van der Waals surface area contributed by atoms with Gasteiger partial charge in [0, 0.05) is 12.3 Å². The van der Waals surface area contributed by atoms with Crippen molar-refractivity contribution < 1.29 is 5.11 Å². The van der Waals surface area contributed by atoms with Crippen molar-refractivity contribution in [2.45, 2.75) is 19.6 Å². The van der Waals surface area contributed by atoms with Crippen LogP contribution in [0.3, 0.4) is 0 Å². The molecule has 0 aliphatic rings. The van der Waals surface area contributed by atoms with Gasteiger partial charge in [-0.2, -0.15) is 16.9 Å². The average molecular weight is 322 g/mol. The number of thioether (sulfide) groups is 1. The Hall–Kier alpha value is -0.0400. The first-order chi connectivity index (χ1) is 8.06. The molecule has 0 aliphatic carbocycles. The minimum Gasteiger partial charge on any atom is -0.386 e. The van der Waals surface area contributed by atoms with Crippen LogP contribution in [0.1, 0.15) is 18.7 Å². The summed E-state index contributed by atoms with van der Waals surface area (Å²) in [5.74, 6) is 1.73. The smallest absolute Gasteiger partial charge is 0.106 e. The molecule has 17 heavy (non-hydrogen) atoms. The van der Waals surface area contributed by atoms with E-state index in [1.807, 2.05) is 18.8 Å². The van der Waals surface area contributed by atoms with E-state index in [2.05, 4.69) is 32.9 Å². The third-order valence-electron chi connectivity index (χ3n) is 2.39. The van der Waals surface area contributed by atoms with Crippen LogP contribution in [0.15, 0.2) is 10.7 Å². The maximum atomic E-state index is 10.1. The third-order valence-corrected chi connectivity index (χ3v) is 3.96. The van der Waals surface area contributed by atoms with Gasteiger partial charge in [-0.3, -0.25) is 4.68 Å². The van der Waals surface area contributed by atoms with Crippen molar-refractivity contribution in [3.8, 4) is 0 Å². The van der Waals surface area contributed by atoms with E-state index in [4.69, 9.17) is 0 Å². The SMILES string of the molecule is CCSCC(O)c1c(Br)cnn1CCN(C)C. The summed E-state index contributed by atoms with van der Waals surface area (Å²) in [5, 5.41) is 14.4. The highest BCUT2D eigenvalue weighted by molar-refractivity contribution is 9.10. The molecule has 1 unspecified atom stereocenters. The normalized spacial score (nSPS) is 13.3. The Balaban J connectivity index is 2.71. The second-order valence-electron chi connectivity index (χ2n) is 4.08. The van der Waals surface area contributed by atoms with Gasteiger partial charge in [0.1, 0.15) is 6.10 Å². The zero-order chi connectivity index (χ0) is 12.8. The predicted octanol–water partition coefficient (Wildman–Crippen LogP) is 1.99. The van der Waals surface area contributed by atoms with Gasteiger partial charge in [-0.1, -0.05) is 6.92 Å². The van der Waals surface area contributed by atoms with Crippen LogP contribution in [0.4, 0.5) is 0 Å². The van der Waals surface area contributed by atoms with Gasteiger partial charge < -0.3 is 10.0 Å². The maximum absolute atomic E-state index is 10.1. The molecule has 1 N–H and O–H groups in total. The molecule has 4 nitrogen and oxygen atoms in total. The summed E-state index contributed by atoms with van der Waals surface area (Å²) in [5.41, 5.74) is 0.882. The number of hydrogen-bond donors (Lipinski definition) is 1. The lowest BCUT2D eigenvalue weighted by Crippen LogP contribution is -2.21. The Morgan fingerprint density at radius 1 is 1.59 bits per heavy atom. The topological polar surface area (TPSA) is 41.3 Å². The molecule has 0 bridgehead atoms. The number of hydrogen-bond acceptors (Lipinski definition) is 4. The Morgan fingerprint density at radius 3 is 2.88 bits per heavy atom. The van der Waals surface area contributed by atoms with Crippen LogP contribution in [0, 0.1) is 0 Å². The van der Waals surface area contributed by atoms with E-state index in [-0.39, 0.29) is 0 Å². The highest BCUT2D eigenvalue weighted by Crippen LogP contribution is 2.25. The van der Waals surface area contributed by atoms with Crippen LogP contribution in [0.25, 0.3) is 0 Å². The summed E-state index contributed by atoms with van der Waals surface area (Å²) in [7, 11) is 4.06. The van der Waals surface area contributed by atoms with Crippen molar-refractivity contribution in [2.75, 3.05) is 32.1 Å². The molecule has 1 aromatic rings. The fraction of sp³-hybridized carbons (Fsp3) is 0.727. The van der Waals surface area contributed by atoms with Gasteiger partial charge in [0.25, 0.3) is 0 Å². The summed E-state index contributed by atoms with van der Waals surface area (Å²) in [4.78, 5) is 2.10. The van der Waals surface area contributed by atoms with Crippen molar-refractivity contribution in [1.29, 1.82) is 0 Å². The van der Waals surface area contributed by atoms with Crippen molar-refractivity contribution >= 4 is 27.7 Å². The molecule has 0 aliphatic heterocycles. The number of likely N-dealkylation sites (N-methyl/N-ethyl adjacent to an activating group) is 1. The van der Waals surface area contributed by atoms with Gasteiger partial charge in [-0.25, -0.2) is 0 Å². The molecule has 1 rings (SSSR count). The van der Waals surface area contributed by atoms with E-state index in [1.54, 1.807) is 18.0 Å². The largest absolute Gasteiger partial charge is 0.386 e. The third kappa shape index (κ3) is 4.62. The molecule has 0 saturated heterocycles. The molecule has 1 heterocycles. The molecule has 1 aromatic heterocycles. The Morgan fingerprint density at radius 2 is 2.29 bits per heavy atom. The summed E-state index contributed by atoms with van der Waals surface area (Å²) in [6, 6.07) is 0. The predicted molar refractivity (Wildman–Crippen MR) is 76.4 cm³/mol. The lowest BCUT2D eigenvalue weighted by atomic mass is 10.3. The van der Waals surface area contributed by atoms with Gasteiger partial charge in [-0.15, -0.1) is 0 Å². The van der Waals surface area contributed by atoms with E-state index in [0.29, 0.717) is 5.75 Å². The molecule has 6 heteroatoms. The first-order valence-corrected chi connectivity index (χ1v) is 7.62. The van der Waals surface area contributed by atoms with Crippen molar-refractivity contribution in [3.63, 3.8) is 0 Å². The van der Waals surface area contributed by atoms with E-state index in [9.17, 15) is 5.11 Å². The molecule has 0 aromatic carbocycles.